The van der Waals surface area contributed by atoms with Crippen LogP contribution in [0.15, 0.2) is 52.5 Å². The van der Waals surface area contributed by atoms with Crippen LogP contribution in [0, 0.1) is 0 Å². The quantitative estimate of drug-likeness (QED) is 0.375. The molecule has 1 aliphatic heterocycles. The maximum Gasteiger partial charge on any atom is 0.344 e. The largest absolute Gasteiger partial charge is 0.479 e. The lowest BCUT2D eigenvalue weighted by molar-refractivity contribution is -0.149. The zero-order chi connectivity index (χ0) is 21.8. The Morgan fingerprint density at radius 1 is 1.23 bits per heavy atom. The number of para-hydroxylation sites is 1. The van der Waals surface area contributed by atoms with Crippen molar-refractivity contribution in [3.63, 3.8) is 0 Å². The van der Waals surface area contributed by atoms with Crippen LogP contribution in [0.4, 0.5) is 5.69 Å². The first-order valence-corrected chi connectivity index (χ1v) is 10.2. The number of amides is 2. The van der Waals surface area contributed by atoms with Crippen LogP contribution >= 0.6 is 27.5 Å². The number of carbonyl (C=O) groups is 3. The van der Waals surface area contributed by atoms with Crippen LogP contribution in [0.1, 0.15) is 19.4 Å². The molecule has 0 spiro atoms. The van der Waals surface area contributed by atoms with Gasteiger partial charge < -0.3 is 9.47 Å². The molecule has 0 aliphatic carbocycles. The van der Waals surface area contributed by atoms with E-state index in [1.54, 1.807) is 44.2 Å². The molecule has 0 unspecified atom stereocenters. The van der Waals surface area contributed by atoms with Crippen LogP contribution in [-0.2, 0) is 19.1 Å². The van der Waals surface area contributed by atoms with E-state index in [2.05, 4.69) is 21.4 Å². The molecular weight excluding hydrogens is 476 g/mol. The molecule has 3 rings (SSSR count). The highest BCUT2D eigenvalue weighted by Crippen LogP contribution is 2.35. The summed E-state index contributed by atoms with van der Waals surface area (Å²) in [7, 11) is 0. The van der Waals surface area contributed by atoms with Crippen molar-refractivity contribution in [1.29, 1.82) is 0 Å². The number of nitrogens with one attached hydrogen (secondary N) is 1. The van der Waals surface area contributed by atoms with Gasteiger partial charge in [-0.15, -0.1) is 0 Å². The van der Waals surface area contributed by atoms with Crippen LogP contribution in [-0.4, -0.2) is 30.5 Å². The Morgan fingerprint density at radius 2 is 1.93 bits per heavy atom. The van der Waals surface area contributed by atoms with E-state index in [1.807, 2.05) is 6.07 Å². The molecule has 1 saturated heterocycles. The molecule has 1 fully saturated rings. The van der Waals surface area contributed by atoms with Crippen molar-refractivity contribution in [2.45, 2.75) is 20.0 Å². The van der Waals surface area contributed by atoms with E-state index in [-0.39, 0.29) is 29.1 Å². The number of nitrogens with zero attached hydrogens (tertiary/aromatic N) is 1. The monoisotopic (exact) mass is 492 g/mol. The number of hydrazine groups is 1. The number of ether oxygens (including phenoxy) is 2. The second-order valence-electron chi connectivity index (χ2n) is 6.62. The van der Waals surface area contributed by atoms with Gasteiger partial charge in [-0.05, 0) is 65.7 Å². The van der Waals surface area contributed by atoms with Crippen LogP contribution in [0.25, 0.3) is 6.08 Å². The third-order valence-electron chi connectivity index (χ3n) is 3.94. The van der Waals surface area contributed by atoms with Crippen molar-refractivity contribution >= 4 is 57.1 Å². The predicted molar refractivity (Wildman–Crippen MR) is 116 cm³/mol. The summed E-state index contributed by atoms with van der Waals surface area (Å²) in [6, 6.07) is 11.9. The van der Waals surface area contributed by atoms with Gasteiger partial charge >= 0.3 is 5.97 Å². The van der Waals surface area contributed by atoms with Gasteiger partial charge in [-0.2, -0.15) is 0 Å². The number of hydrogen-bond acceptors (Lipinski definition) is 5. The molecule has 0 radical (unpaired) electrons. The van der Waals surface area contributed by atoms with Gasteiger partial charge in [0.2, 0.25) is 0 Å². The van der Waals surface area contributed by atoms with Crippen LogP contribution in [0.2, 0.25) is 5.02 Å². The molecule has 2 aromatic carbocycles. The highest BCUT2D eigenvalue weighted by atomic mass is 79.9. The van der Waals surface area contributed by atoms with E-state index in [9.17, 15) is 14.4 Å². The Labute approximate surface area is 186 Å². The minimum atomic E-state index is -0.521. The molecule has 156 valence electrons. The number of hydrogen-bond donors (Lipinski definition) is 1. The number of carbonyl (C=O) groups excluding carboxylic acids is 3. The number of benzene rings is 2. The Hall–Kier alpha value is -2.84. The number of rotatable bonds is 6. The van der Waals surface area contributed by atoms with Gasteiger partial charge in [-0.1, -0.05) is 29.8 Å². The van der Waals surface area contributed by atoms with E-state index in [1.165, 1.54) is 17.2 Å². The molecular formula is C21H18BrClN2O5. The summed E-state index contributed by atoms with van der Waals surface area (Å²) < 4.78 is 10.9. The Balaban J connectivity index is 1.80. The van der Waals surface area contributed by atoms with Gasteiger partial charge in [0.05, 0.1) is 21.3 Å². The molecule has 0 bridgehead atoms. The number of halogens is 2. The Morgan fingerprint density at radius 3 is 2.57 bits per heavy atom. The summed E-state index contributed by atoms with van der Waals surface area (Å²) in [5.41, 5.74) is 3.57. The average molecular weight is 494 g/mol. The van der Waals surface area contributed by atoms with Crippen LogP contribution < -0.4 is 15.2 Å². The molecule has 2 aromatic rings. The number of anilines is 1. The lowest BCUT2D eigenvalue weighted by Crippen LogP contribution is -2.35. The molecule has 0 aromatic heterocycles. The second-order valence-corrected chi connectivity index (χ2v) is 7.88. The fourth-order valence-corrected chi connectivity index (χ4v) is 3.70. The second kappa shape index (κ2) is 9.32. The first-order valence-electron chi connectivity index (χ1n) is 8.99. The molecule has 1 aliphatic rings. The maximum atomic E-state index is 12.7. The third kappa shape index (κ3) is 5.01. The maximum absolute atomic E-state index is 12.7. The Kier molecular flexibility index (Phi) is 6.79. The molecule has 0 saturated carbocycles. The molecule has 9 heteroatoms. The van der Waals surface area contributed by atoms with Crippen molar-refractivity contribution in [2.75, 3.05) is 11.6 Å². The minimum Gasteiger partial charge on any atom is -0.479 e. The van der Waals surface area contributed by atoms with Crippen molar-refractivity contribution < 1.29 is 23.9 Å². The van der Waals surface area contributed by atoms with E-state index in [4.69, 9.17) is 21.1 Å². The van der Waals surface area contributed by atoms with E-state index >= 15 is 0 Å². The normalized spacial score (nSPS) is 15.0. The smallest absolute Gasteiger partial charge is 0.344 e. The first kappa shape index (κ1) is 21.9. The predicted octanol–water partition coefficient (Wildman–Crippen LogP) is 3.89. The SMILES string of the molecule is CC(C)OC(=O)COc1c(Cl)cc(/C=C2/C(=O)NN(c3ccccc3)C2=O)cc1Br. The summed E-state index contributed by atoms with van der Waals surface area (Å²) in [4.78, 5) is 36.7. The molecule has 2 amide bonds. The standard InChI is InChI=1S/C21H18BrClN2O5/c1-12(2)30-18(26)11-29-19-16(22)9-13(10-17(19)23)8-15-20(27)24-25(21(15)28)14-6-4-3-5-7-14/h3-10,12H,11H2,1-2H3,(H,24,27)/b15-8-. The van der Waals surface area contributed by atoms with Gasteiger partial charge in [-0.3, -0.25) is 15.0 Å². The molecule has 0 atom stereocenters. The fourth-order valence-electron chi connectivity index (χ4n) is 2.71. The van der Waals surface area contributed by atoms with Crippen molar-refractivity contribution in [2.24, 2.45) is 0 Å². The summed E-state index contributed by atoms with van der Waals surface area (Å²) in [5, 5.41) is 1.39. The third-order valence-corrected chi connectivity index (χ3v) is 4.81. The van der Waals surface area contributed by atoms with Gasteiger partial charge in [0.25, 0.3) is 11.8 Å². The fraction of sp³-hybridized carbons (Fsp3) is 0.190. The van der Waals surface area contributed by atoms with E-state index in [0.717, 1.165) is 0 Å². The summed E-state index contributed by atoms with van der Waals surface area (Å²) >= 11 is 9.61. The van der Waals surface area contributed by atoms with Gasteiger partial charge in [-0.25, -0.2) is 9.80 Å². The number of esters is 1. The lowest BCUT2D eigenvalue weighted by atomic mass is 10.1. The van der Waals surface area contributed by atoms with Crippen LogP contribution in [0.3, 0.4) is 0 Å². The molecule has 30 heavy (non-hydrogen) atoms. The molecule has 1 heterocycles. The summed E-state index contributed by atoms with van der Waals surface area (Å²) in [5.74, 6) is -1.26. The van der Waals surface area contributed by atoms with E-state index in [0.29, 0.717) is 15.7 Å². The van der Waals surface area contributed by atoms with Crippen molar-refractivity contribution in [3.05, 3.63) is 63.1 Å². The first-order chi connectivity index (χ1) is 14.3. The van der Waals surface area contributed by atoms with E-state index < -0.39 is 17.8 Å². The Bertz CT molecular complexity index is 1000. The highest BCUT2D eigenvalue weighted by molar-refractivity contribution is 9.10. The topological polar surface area (TPSA) is 84.9 Å². The zero-order valence-corrected chi connectivity index (χ0v) is 18.5. The highest BCUT2D eigenvalue weighted by Gasteiger charge is 2.34. The van der Waals surface area contributed by atoms with Crippen molar-refractivity contribution in [3.8, 4) is 5.75 Å². The van der Waals surface area contributed by atoms with Gasteiger partial charge in [0.15, 0.2) is 12.4 Å². The minimum absolute atomic E-state index is 0.0315. The zero-order valence-electron chi connectivity index (χ0n) is 16.1. The molecule has 1 N–H and O–H groups in total. The van der Waals surface area contributed by atoms with Gasteiger partial charge in [0, 0.05) is 0 Å². The summed E-state index contributed by atoms with van der Waals surface area (Å²) in [6.45, 7) is 3.18. The average Bonchev–Trinajstić information content (AvgIpc) is 2.95. The van der Waals surface area contributed by atoms with Crippen LogP contribution in [0.5, 0.6) is 5.75 Å². The lowest BCUT2D eigenvalue weighted by Gasteiger charge is -2.14. The van der Waals surface area contributed by atoms with Gasteiger partial charge in [0.1, 0.15) is 5.57 Å². The summed E-state index contributed by atoms with van der Waals surface area (Å²) in [6.07, 6.45) is 1.19. The van der Waals surface area contributed by atoms with Crippen molar-refractivity contribution in [1.82, 2.24) is 5.43 Å². The molecule has 7 nitrogen and oxygen atoms in total.